The van der Waals surface area contributed by atoms with E-state index in [0.717, 1.165) is 25.9 Å². The average molecular weight is 209 g/mol. The highest BCUT2D eigenvalue weighted by molar-refractivity contribution is 5.16. The molecule has 1 aromatic rings. The van der Waals surface area contributed by atoms with E-state index in [2.05, 4.69) is 19.2 Å². The van der Waals surface area contributed by atoms with Crippen molar-refractivity contribution >= 4 is 0 Å². The highest BCUT2D eigenvalue weighted by atomic mass is 19.1. The van der Waals surface area contributed by atoms with Crippen LogP contribution in [0.5, 0.6) is 0 Å². The molecule has 0 heterocycles. The van der Waals surface area contributed by atoms with Gasteiger partial charge >= 0.3 is 0 Å². The van der Waals surface area contributed by atoms with Gasteiger partial charge in [0, 0.05) is 0 Å². The quantitative estimate of drug-likeness (QED) is 0.759. The van der Waals surface area contributed by atoms with Crippen LogP contribution in [0.15, 0.2) is 24.3 Å². The molecule has 0 fully saturated rings. The Balaban J connectivity index is 2.27. The minimum absolute atomic E-state index is 0.153. The second-order valence-corrected chi connectivity index (χ2v) is 4.08. The Morgan fingerprint density at radius 1 is 1.27 bits per heavy atom. The van der Waals surface area contributed by atoms with Crippen molar-refractivity contribution < 1.29 is 4.39 Å². The van der Waals surface area contributed by atoms with Crippen molar-refractivity contribution in [3.05, 3.63) is 35.6 Å². The van der Waals surface area contributed by atoms with Gasteiger partial charge in [0.15, 0.2) is 0 Å². The molecule has 0 spiro atoms. The Kier molecular flexibility index (Phi) is 5.33. The second kappa shape index (κ2) is 6.57. The molecule has 1 N–H and O–H groups in total. The summed E-state index contributed by atoms with van der Waals surface area (Å²) in [4.78, 5) is 0. The molecule has 0 aliphatic carbocycles. The molecular weight excluding hydrogens is 189 g/mol. The fourth-order valence-electron chi connectivity index (χ4n) is 1.56. The molecule has 84 valence electrons. The highest BCUT2D eigenvalue weighted by Crippen LogP contribution is 2.09. The van der Waals surface area contributed by atoms with Gasteiger partial charge in [-0.25, -0.2) is 4.39 Å². The largest absolute Gasteiger partial charge is 0.317 e. The van der Waals surface area contributed by atoms with Crippen LogP contribution in [-0.4, -0.2) is 13.1 Å². The first-order chi connectivity index (χ1) is 7.22. The molecule has 1 atom stereocenters. The van der Waals surface area contributed by atoms with E-state index in [-0.39, 0.29) is 5.82 Å². The summed E-state index contributed by atoms with van der Waals surface area (Å²) in [7, 11) is 0. The third kappa shape index (κ3) is 4.93. The summed E-state index contributed by atoms with van der Waals surface area (Å²) in [5.41, 5.74) is 1.22. The van der Waals surface area contributed by atoms with E-state index in [0.29, 0.717) is 5.92 Å². The van der Waals surface area contributed by atoms with Crippen LogP contribution in [0.25, 0.3) is 0 Å². The maximum absolute atomic E-state index is 12.6. The van der Waals surface area contributed by atoms with Crippen molar-refractivity contribution in [1.29, 1.82) is 0 Å². The van der Waals surface area contributed by atoms with Gasteiger partial charge in [0.05, 0.1) is 0 Å². The third-order valence-corrected chi connectivity index (χ3v) is 2.58. The zero-order valence-corrected chi connectivity index (χ0v) is 9.59. The molecule has 0 aliphatic heterocycles. The van der Waals surface area contributed by atoms with Crippen LogP contribution in [-0.2, 0) is 6.42 Å². The van der Waals surface area contributed by atoms with Crippen LogP contribution in [0.4, 0.5) is 4.39 Å². The summed E-state index contributed by atoms with van der Waals surface area (Å²) in [6.07, 6.45) is 2.19. The zero-order chi connectivity index (χ0) is 11.1. The van der Waals surface area contributed by atoms with Gasteiger partial charge < -0.3 is 5.32 Å². The van der Waals surface area contributed by atoms with Crippen molar-refractivity contribution in [2.75, 3.05) is 13.1 Å². The first kappa shape index (κ1) is 12.2. The third-order valence-electron chi connectivity index (χ3n) is 2.58. The first-order valence-electron chi connectivity index (χ1n) is 5.67. The number of benzene rings is 1. The van der Waals surface area contributed by atoms with Gasteiger partial charge in [-0.1, -0.05) is 26.0 Å². The number of halogens is 1. The molecule has 1 nitrogen and oxygen atoms in total. The van der Waals surface area contributed by atoms with E-state index >= 15 is 0 Å². The van der Waals surface area contributed by atoms with Crippen molar-refractivity contribution in [3.8, 4) is 0 Å². The standard InChI is InChI=1S/C13H20FN/c1-3-15-10-11(2)4-5-12-6-8-13(14)9-7-12/h6-9,11,15H,3-5,10H2,1-2H3. The van der Waals surface area contributed by atoms with Crippen LogP contribution in [0.3, 0.4) is 0 Å². The molecule has 0 bridgehead atoms. The van der Waals surface area contributed by atoms with E-state index in [1.807, 2.05) is 12.1 Å². The Hall–Kier alpha value is -0.890. The molecule has 0 amide bonds. The van der Waals surface area contributed by atoms with E-state index < -0.39 is 0 Å². The number of hydrogen-bond acceptors (Lipinski definition) is 1. The van der Waals surface area contributed by atoms with Crippen LogP contribution < -0.4 is 5.32 Å². The van der Waals surface area contributed by atoms with Gasteiger partial charge in [-0.15, -0.1) is 0 Å². The number of nitrogens with one attached hydrogen (secondary N) is 1. The molecular formula is C13H20FN. The van der Waals surface area contributed by atoms with E-state index in [9.17, 15) is 4.39 Å². The molecule has 1 unspecified atom stereocenters. The Bertz CT molecular complexity index is 268. The van der Waals surface area contributed by atoms with Gasteiger partial charge in [0.1, 0.15) is 5.82 Å². The Morgan fingerprint density at radius 3 is 2.53 bits per heavy atom. The fraction of sp³-hybridized carbons (Fsp3) is 0.538. The second-order valence-electron chi connectivity index (χ2n) is 4.08. The topological polar surface area (TPSA) is 12.0 Å². The maximum Gasteiger partial charge on any atom is 0.123 e. The lowest BCUT2D eigenvalue weighted by Gasteiger charge is -2.11. The van der Waals surface area contributed by atoms with Gasteiger partial charge in [-0.2, -0.15) is 0 Å². The molecule has 15 heavy (non-hydrogen) atoms. The minimum Gasteiger partial charge on any atom is -0.317 e. The lowest BCUT2D eigenvalue weighted by Crippen LogP contribution is -2.20. The predicted molar refractivity (Wildman–Crippen MR) is 62.4 cm³/mol. The Labute approximate surface area is 91.7 Å². The van der Waals surface area contributed by atoms with Crippen molar-refractivity contribution in [2.24, 2.45) is 5.92 Å². The highest BCUT2D eigenvalue weighted by Gasteiger charge is 2.01. The molecule has 1 aromatic carbocycles. The summed E-state index contributed by atoms with van der Waals surface area (Å²) in [5, 5.41) is 3.33. The summed E-state index contributed by atoms with van der Waals surface area (Å²) >= 11 is 0. The fourth-order valence-corrected chi connectivity index (χ4v) is 1.56. The van der Waals surface area contributed by atoms with E-state index in [1.165, 1.54) is 17.7 Å². The number of aryl methyl sites for hydroxylation is 1. The summed E-state index contributed by atoms with van der Waals surface area (Å²) < 4.78 is 12.6. The molecule has 2 heteroatoms. The lowest BCUT2D eigenvalue weighted by molar-refractivity contribution is 0.489. The maximum atomic E-state index is 12.6. The smallest absolute Gasteiger partial charge is 0.123 e. The molecule has 0 aliphatic rings. The van der Waals surface area contributed by atoms with E-state index in [4.69, 9.17) is 0 Å². The molecule has 0 radical (unpaired) electrons. The number of rotatable bonds is 6. The van der Waals surface area contributed by atoms with Crippen molar-refractivity contribution in [3.63, 3.8) is 0 Å². The van der Waals surface area contributed by atoms with Crippen molar-refractivity contribution in [1.82, 2.24) is 5.32 Å². The van der Waals surface area contributed by atoms with Gasteiger partial charge in [-0.3, -0.25) is 0 Å². The number of hydrogen-bond donors (Lipinski definition) is 1. The molecule has 0 saturated carbocycles. The monoisotopic (exact) mass is 209 g/mol. The minimum atomic E-state index is -0.153. The summed E-state index contributed by atoms with van der Waals surface area (Å²) in [6.45, 7) is 6.46. The molecule has 0 aromatic heterocycles. The molecule has 1 rings (SSSR count). The predicted octanol–water partition coefficient (Wildman–Crippen LogP) is 3.00. The first-order valence-corrected chi connectivity index (χ1v) is 5.67. The summed E-state index contributed by atoms with van der Waals surface area (Å²) in [5.74, 6) is 0.523. The Morgan fingerprint density at radius 2 is 1.93 bits per heavy atom. The van der Waals surface area contributed by atoms with Gasteiger partial charge in [-0.05, 0) is 49.5 Å². The molecule has 0 saturated heterocycles. The zero-order valence-electron chi connectivity index (χ0n) is 9.59. The van der Waals surface area contributed by atoms with Crippen LogP contribution in [0.1, 0.15) is 25.8 Å². The average Bonchev–Trinajstić information content (AvgIpc) is 2.25. The van der Waals surface area contributed by atoms with Crippen LogP contribution in [0, 0.1) is 11.7 Å². The van der Waals surface area contributed by atoms with Crippen LogP contribution in [0.2, 0.25) is 0 Å². The SMILES string of the molecule is CCNCC(C)CCc1ccc(F)cc1. The van der Waals surface area contributed by atoms with Crippen molar-refractivity contribution in [2.45, 2.75) is 26.7 Å². The van der Waals surface area contributed by atoms with Crippen LogP contribution >= 0.6 is 0 Å². The summed E-state index contributed by atoms with van der Waals surface area (Å²) in [6, 6.07) is 6.80. The van der Waals surface area contributed by atoms with Gasteiger partial charge in [0.2, 0.25) is 0 Å². The van der Waals surface area contributed by atoms with E-state index in [1.54, 1.807) is 0 Å². The van der Waals surface area contributed by atoms with Gasteiger partial charge in [0.25, 0.3) is 0 Å². The normalized spacial score (nSPS) is 12.7. The lowest BCUT2D eigenvalue weighted by atomic mass is 10.0.